The molecule has 70 valence electrons. The molecule has 4 atom stereocenters. The molecule has 0 aromatic rings. The summed E-state index contributed by atoms with van der Waals surface area (Å²) in [7, 11) is 0. The zero-order valence-electron chi connectivity index (χ0n) is 8.38. The second-order valence-electron chi connectivity index (χ2n) is 5.36. The topological polar surface area (TPSA) is 20.2 Å². The molecule has 0 heterocycles. The highest BCUT2D eigenvalue weighted by Gasteiger charge is 2.53. The van der Waals surface area contributed by atoms with Gasteiger partial charge in [-0.3, -0.25) is 0 Å². The van der Waals surface area contributed by atoms with Crippen LogP contribution in [0.4, 0.5) is 0 Å². The summed E-state index contributed by atoms with van der Waals surface area (Å²) in [5, 5.41) is 9.71. The van der Waals surface area contributed by atoms with Gasteiger partial charge in [-0.25, -0.2) is 0 Å². The molecule has 2 saturated carbocycles. The summed E-state index contributed by atoms with van der Waals surface area (Å²) < 4.78 is 0. The molecule has 1 N–H and O–H groups in total. The van der Waals surface area contributed by atoms with Crippen LogP contribution in [0.15, 0.2) is 0 Å². The molecule has 0 saturated heterocycles. The van der Waals surface area contributed by atoms with Crippen LogP contribution in [-0.2, 0) is 0 Å². The van der Waals surface area contributed by atoms with Crippen molar-refractivity contribution in [1.82, 2.24) is 0 Å². The van der Waals surface area contributed by atoms with E-state index in [0.717, 1.165) is 11.8 Å². The lowest BCUT2D eigenvalue weighted by Gasteiger charge is -2.40. The molecule has 2 fully saturated rings. The molecule has 0 radical (unpaired) electrons. The Kier molecular flexibility index (Phi) is 1.76. The molecule has 0 unspecified atom stereocenters. The minimum Gasteiger partial charge on any atom is -0.393 e. The number of aliphatic hydroxyl groups is 1. The fourth-order valence-electron chi connectivity index (χ4n) is 3.91. The average molecular weight is 168 g/mol. The van der Waals surface area contributed by atoms with Gasteiger partial charge in [-0.1, -0.05) is 13.8 Å². The minimum absolute atomic E-state index is 0.102. The first-order chi connectivity index (χ1) is 5.53. The van der Waals surface area contributed by atoms with Crippen LogP contribution in [0.5, 0.6) is 0 Å². The molecule has 0 aromatic heterocycles. The van der Waals surface area contributed by atoms with E-state index < -0.39 is 0 Å². The fourth-order valence-corrected chi connectivity index (χ4v) is 3.91. The number of fused-ring (bicyclic) bond motifs is 2. The number of rotatable bonds is 1. The van der Waals surface area contributed by atoms with E-state index in [1.165, 1.54) is 19.3 Å². The van der Waals surface area contributed by atoms with Crippen molar-refractivity contribution >= 4 is 0 Å². The molecule has 2 aliphatic carbocycles. The minimum atomic E-state index is -0.102. The Balaban J connectivity index is 2.23. The van der Waals surface area contributed by atoms with Crippen molar-refractivity contribution in [3.63, 3.8) is 0 Å². The second kappa shape index (κ2) is 2.47. The Morgan fingerprint density at radius 2 is 2.00 bits per heavy atom. The molecule has 0 amide bonds. The maximum atomic E-state index is 9.71. The van der Waals surface area contributed by atoms with Gasteiger partial charge >= 0.3 is 0 Å². The predicted molar refractivity (Wildman–Crippen MR) is 49.8 cm³/mol. The number of hydrogen-bond donors (Lipinski definition) is 1. The highest BCUT2D eigenvalue weighted by Crippen LogP contribution is 2.60. The molecule has 0 aliphatic heterocycles. The van der Waals surface area contributed by atoms with Crippen LogP contribution in [0.3, 0.4) is 0 Å². The number of hydrogen-bond acceptors (Lipinski definition) is 1. The largest absolute Gasteiger partial charge is 0.393 e. The smallest absolute Gasteiger partial charge is 0.0548 e. The number of aliphatic hydroxyl groups excluding tert-OH is 1. The van der Waals surface area contributed by atoms with E-state index >= 15 is 0 Å². The van der Waals surface area contributed by atoms with Gasteiger partial charge in [0.1, 0.15) is 0 Å². The predicted octanol–water partition coefficient (Wildman–Crippen LogP) is 2.44. The molecule has 1 nitrogen and oxygen atoms in total. The van der Waals surface area contributed by atoms with Crippen molar-refractivity contribution in [2.75, 3.05) is 0 Å². The van der Waals surface area contributed by atoms with Crippen LogP contribution in [0.2, 0.25) is 0 Å². The highest BCUT2D eigenvalue weighted by molar-refractivity contribution is 5.03. The summed E-state index contributed by atoms with van der Waals surface area (Å²) in [6, 6.07) is 0. The summed E-state index contributed by atoms with van der Waals surface area (Å²) in [6.07, 6.45) is 4.04. The Bertz CT molecular complexity index is 183. The third-order valence-electron chi connectivity index (χ3n) is 4.41. The van der Waals surface area contributed by atoms with E-state index in [4.69, 9.17) is 0 Å². The first-order valence-corrected chi connectivity index (χ1v) is 5.21. The third kappa shape index (κ3) is 0.953. The van der Waals surface area contributed by atoms with Crippen LogP contribution >= 0.6 is 0 Å². The van der Waals surface area contributed by atoms with Gasteiger partial charge in [-0.15, -0.1) is 0 Å². The van der Waals surface area contributed by atoms with E-state index in [0.29, 0.717) is 11.3 Å². The quantitative estimate of drug-likeness (QED) is 0.637. The molecule has 2 rings (SSSR count). The van der Waals surface area contributed by atoms with Gasteiger partial charge in [0.25, 0.3) is 0 Å². The van der Waals surface area contributed by atoms with Crippen molar-refractivity contribution < 1.29 is 5.11 Å². The van der Waals surface area contributed by atoms with Gasteiger partial charge in [0.05, 0.1) is 6.10 Å². The van der Waals surface area contributed by atoms with Crippen molar-refractivity contribution in [2.24, 2.45) is 23.2 Å². The summed E-state index contributed by atoms with van der Waals surface area (Å²) in [6.45, 7) is 6.65. The first kappa shape index (κ1) is 8.55. The monoisotopic (exact) mass is 168 g/mol. The van der Waals surface area contributed by atoms with Gasteiger partial charge in [-0.2, -0.15) is 0 Å². The van der Waals surface area contributed by atoms with Crippen LogP contribution in [0, 0.1) is 23.2 Å². The Morgan fingerprint density at radius 1 is 1.33 bits per heavy atom. The molecule has 2 aliphatic rings. The fraction of sp³-hybridized carbons (Fsp3) is 1.00. The summed E-state index contributed by atoms with van der Waals surface area (Å²) in [4.78, 5) is 0. The maximum absolute atomic E-state index is 9.71. The van der Waals surface area contributed by atoms with Gasteiger partial charge in [0, 0.05) is 0 Å². The second-order valence-corrected chi connectivity index (χ2v) is 5.36. The van der Waals surface area contributed by atoms with Crippen molar-refractivity contribution in [3.8, 4) is 0 Å². The van der Waals surface area contributed by atoms with Gasteiger partial charge < -0.3 is 5.11 Å². The molecule has 0 aromatic carbocycles. The first-order valence-electron chi connectivity index (χ1n) is 5.21. The van der Waals surface area contributed by atoms with Crippen LogP contribution in [0.1, 0.15) is 40.0 Å². The van der Waals surface area contributed by atoms with E-state index in [2.05, 4.69) is 13.8 Å². The van der Waals surface area contributed by atoms with Crippen LogP contribution in [0.25, 0.3) is 0 Å². The van der Waals surface area contributed by atoms with E-state index in [1.807, 2.05) is 6.92 Å². The lowest BCUT2D eigenvalue weighted by atomic mass is 9.67. The van der Waals surface area contributed by atoms with E-state index in [1.54, 1.807) is 0 Å². The summed E-state index contributed by atoms with van der Waals surface area (Å²) >= 11 is 0. The van der Waals surface area contributed by atoms with E-state index in [-0.39, 0.29) is 6.10 Å². The normalized spacial score (nSPS) is 46.5. The van der Waals surface area contributed by atoms with Gasteiger partial charge in [-0.05, 0) is 49.4 Å². The molecule has 1 heteroatoms. The highest BCUT2D eigenvalue weighted by atomic mass is 16.3. The molecule has 12 heavy (non-hydrogen) atoms. The summed E-state index contributed by atoms with van der Waals surface area (Å²) in [5.74, 6) is 2.28. The SMILES string of the molecule is C[C@H](O)[C@H]1[C@H]2CC[C@H](C2)C1(C)C. The third-order valence-corrected chi connectivity index (χ3v) is 4.41. The lowest BCUT2D eigenvalue weighted by molar-refractivity contribution is 0.00840. The Hall–Kier alpha value is -0.0400. The summed E-state index contributed by atoms with van der Waals surface area (Å²) in [5.41, 5.74) is 0.400. The standard InChI is InChI=1S/C11H20O/c1-7(12)10-8-4-5-9(6-8)11(10,2)3/h7-10,12H,4-6H2,1-3H3/t7-,8-,9+,10-/m0/s1. The zero-order valence-corrected chi connectivity index (χ0v) is 8.38. The Morgan fingerprint density at radius 3 is 2.33 bits per heavy atom. The van der Waals surface area contributed by atoms with E-state index in [9.17, 15) is 5.11 Å². The molecular weight excluding hydrogens is 148 g/mol. The molecule has 0 spiro atoms. The van der Waals surface area contributed by atoms with Crippen molar-refractivity contribution in [3.05, 3.63) is 0 Å². The van der Waals surface area contributed by atoms with Crippen LogP contribution < -0.4 is 0 Å². The maximum Gasteiger partial charge on any atom is 0.0548 e. The zero-order chi connectivity index (χ0) is 8.93. The Labute approximate surface area is 75.2 Å². The van der Waals surface area contributed by atoms with Crippen molar-refractivity contribution in [1.29, 1.82) is 0 Å². The van der Waals surface area contributed by atoms with Gasteiger partial charge in [0.2, 0.25) is 0 Å². The average Bonchev–Trinajstić information content (AvgIpc) is 2.41. The van der Waals surface area contributed by atoms with Crippen LogP contribution in [-0.4, -0.2) is 11.2 Å². The van der Waals surface area contributed by atoms with Gasteiger partial charge in [0.15, 0.2) is 0 Å². The molecular formula is C11H20O. The lowest BCUT2D eigenvalue weighted by Crippen LogP contribution is -2.37. The molecule has 2 bridgehead atoms. The van der Waals surface area contributed by atoms with Crippen molar-refractivity contribution in [2.45, 2.75) is 46.1 Å².